The topological polar surface area (TPSA) is 146 Å². The highest BCUT2D eigenvalue weighted by molar-refractivity contribution is 6.30. The molecule has 1 unspecified atom stereocenters. The molecule has 0 fully saturated rings. The van der Waals surface area contributed by atoms with Crippen molar-refractivity contribution in [3.63, 3.8) is 0 Å². The van der Waals surface area contributed by atoms with Gasteiger partial charge in [-0.1, -0.05) is 59.3 Å². The van der Waals surface area contributed by atoms with Gasteiger partial charge in [0.25, 0.3) is 11.8 Å². The summed E-state index contributed by atoms with van der Waals surface area (Å²) in [7, 11) is 0. The minimum Gasteiger partial charge on any atom is -0.478 e. The van der Waals surface area contributed by atoms with Crippen molar-refractivity contribution in [3.8, 4) is 16.8 Å². The van der Waals surface area contributed by atoms with Crippen LogP contribution in [0, 0.1) is 5.82 Å². The van der Waals surface area contributed by atoms with Gasteiger partial charge in [0.05, 0.1) is 28.5 Å². The van der Waals surface area contributed by atoms with Crippen molar-refractivity contribution < 1.29 is 23.9 Å². The lowest BCUT2D eigenvalue weighted by Gasteiger charge is -2.37. The molecule has 0 bridgehead atoms. The molecule has 228 valence electrons. The monoisotopic (exact) mass is 635 g/mol. The summed E-state index contributed by atoms with van der Waals surface area (Å²) in [6.07, 6.45) is 3.46. The minimum atomic E-state index is -1.10. The van der Waals surface area contributed by atoms with E-state index in [1.807, 2.05) is 30.3 Å². The molecule has 6 aromatic rings. The number of para-hydroxylation sites is 1. The molecule has 1 aliphatic rings. The fraction of sp³-hybridized carbons (Fsp3) is 0.0909. The number of aromatic amines is 1. The van der Waals surface area contributed by atoms with Crippen LogP contribution in [0.5, 0.6) is 0 Å². The van der Waals surface area contributed by atoms with E-state index in [0.29, 0.717) is 17.7 Å². The number of carboxylic acid groups (broad SMARTS) is 1. The van der Waals surface area contributed by atoms with Crippen molar-refractivity contribution in [1.82, 2.24) is 30.1 Å². The van der Waals surface area contributed by atoms with Crippen molar-refractivity contribution >= 4 is 46.0 Å². The van der Waals surface area contributed by atoms with E-state index in [9.17, 15) is 23.9 Å². The minimum absolute atomic E-state index is 0.0137. The number of nitrogens with zero attached hydrogens (tertiary/aromatic N) is 5. The fourth-order valence-electron chi connectivity index (χ4n) is 5.82. The molecule has 3 heterocycles. The molecule has 1 aliphatic heterocycles. The maximum atomic E-state index is 14.7. The second kappa shape index (κ2) is 11.6. The normalized spacial score (nSPS) is 14.2. The SMILES string of the molecule is O=C(O)c1ccc(NC(=O)C2c3cccc(-c4cccc5cn[nH]c45)c3CCN2C(=O)c2cn(-c3cccc(Cl)c3F)nn2)cc1. The second-order valence-corrected chi connectivity index (χ2v) is 11.1. The van der Waals surface area contributed by atoms with Crippen LogP contribution in [0.25, 0.3) is 27.7 Å². The third kappa shape index (κ3) is 5.04. The molecule has 1 atom stereocenters. The molecule has 2 amide bonds. The standard InChI is InChI=1S/C33H23ClFN7O4/c34-25-8-3-9-27(28(25)35)42-17-26(38-40-42)32(44)41-15-14-22-21(23-6-1-4-19-16-36-39-29(19)23)5-2-7-24(22)30(41)31(43)37-20-12-10-18(11-13-20)33(45)46/h1-13,16-17,30H,14-15H2,(H,36,39)(H,37,43)(H,45,46). The van der Waals surface area contributed by atoms with Gasteiger partial charge in [-0.25, -0.2) is 13.9 Å². The third-order valence-electron chi connectivity index (χ3n) is 7.99. The Morgan fingerprint density at radius 3 is 2.54 bits per heavy atom. The van der Waals surface area contributed by atoms with E-state index in [0.717, 1.165) is 32.3 Å². The Hall–Kier alpha value is -5.88. The first-order valence-electron chi connectivity index (χ1n) is 14.2. The average molecular weight is 636 g/mol. The molecule has 0 radical (unpaired) electrons. The largest absolute Gasteiger partial charge is 0.478 e. The number of amides is 2. The van der Waals surface area contributed by atoms with Crippen LogP contribution in [0.4, 0.5) is 10.1 Å². The Morgan fingerprint density at radius 2 is 1.74 bits per heavy atom. The number of benzene rings is 4. The number of nitrogens with one attached hydrogen (secondary N) is 2. The number of hydrogen-bond donors (Lipinski definition) is 3. The predicted octanol–water partition coefficient (Wildman–Crippen LogP) is 5.68. The zero-order valence-corrected chi connectivity index (χ0v) is 24.6. The van der Waals surface area contributed by atoms with Crippen molar-refractivity contribution in [2.75, 3.05) is 11.9 Å². The molecule has 0 spiro atoms. The van der Waals surface area contributed by atoms with E-state index >= 15 is 0 Å². The van der Waals surface area contributed by atoms with Crippen LogP contribution < -0.4 is 5.32 Å². The number of carboxylic acids is 1. The predicted molar refractivity (Wildman–Crippen MR) is 167 cm³/mol. The van der Waals surface area contributed by atoms with Gasteiger partial charge in [-0.15, -0.1) is 5.10 Å². The van der Waals surface area contributed by atoms with E-state index in [2.05, 4.69) is 25.8 Å². The summed E-state index contributed by atoms with van der Waals surface area (Å²) < 4.78 is 15.8. The summed E-state index contributed by atoms with van der Waals surface area (Å²) in [5.41, 5.74) is 4.49. The van der Waals surface area contributed by atoms with Crippen LogP contribution in [-0.4, -0.2) is 59.5 Å². The van der Waals surface area contributed by atoms with Crippen molar-refractivity contribution in [1.29, 1.82) is 0 Å². The molecule has 11 nitrogen and oxygen atoms in total. The van der Waals surface area contributed by atoms with Gasteiger partial charge < -0.3 is 15.3 Å². The molecule has 13 heteroatoms. The molecule has 7 rings (SSSR count). The lowest BCUT2D eigenvalue weighted by Crippen LogP contribution is -2.45. The fourth-order valence-corrected chi connectivity index (χ4v) is 5.99. The van der Waals surface area contributed by atoms with Crippen LogP contribution >= 0.6 is 11.6 Å². The number of H-pyrrole nitrogens is 1. The van der Waals surface area contributed by atoms with Crippen LogP contribution in [0.3, 0.4) is 0 Å². The van der Waals surface area contributed by atoms with E-state index < -0.39 is 29.6 Å². The summed E-state index contributed by atoms with van der Waals surface area (Å²) in [5.74, 6) is -2.91. The Bertz CT molecular complexity index is 2160. The summed E-state index contributed by atoms with van der Waals surface area (Å²) >= 11 is 5.94. The van der Waals surface area contributed by atoms with Gasteiger partial charge in [0.1, 0.15) is 11.7 Å². The van der Waals surface area contributed by atoms with Gasteiger partial charge in [0.15, 0.2) is 11.5 Å². The van der Waals surface area contributed by atoms with E-state index in [1.54, 1.807) is 18.3 Å². The number of carbonyl (C=O) groups excluding carboxylic acids is 2. The zero-order chi connectivity index (χ0) is 31.9. The molecule has 3 N–H and O–H groups in total. The van der Waals surface area contributed by atoms with Gasteiger partial charge in [0.2, 0.25) is 0 Å². The first-order valence-corrected chi connectivity index (χ1v) is 14.5. The lowest BCUT2D eigenvalue weighted by atomic mass is 9.85. The summed E-state index contributed by atoms with van der Waals surface area (Å²) in [6, 6.07) is 20.5. The Labute approximate surface area is 265 Å². The van der Waals surface area contributed by atoms with Gasteiger partial charge >= 0.3 is 5.97 Å². The van der Waals surface area contributed by atoms with Gasteiger partial charge in [-0.2, -0.15) is 5.10 Å². The number of aromatic carboxylic acids is 1. The Balaban J connectivity index is 1.29. The Kier molecular flexibility index (Phi) is 7.26. The van der Waals surface area contributed by atoms with Crippen molar-refractivity contribution in [3.05, 3.63) is 124 Å². The number of rotatable bonds is 6. The van der Waals surface area contributed by atoms with E-state index in [-0.39, 0.29) is 28.5 Å². The van der Waals surface area contributed by atoms with Gasteiger partial charge in [0, 0.05) is 23.2 Å². The number of carbonyl (C=O) groups is 3. The Morgan fingerprint density at radius 1 is 0.978 bits per heavy atom. The molecule has 0 saturated carbocycles. The summed E-state index contributed by atoms with van der Waals surface area (Å²) in [6.45, 7) is 0.163. The number of aromatic nitrogens is 5. The maximum Gasteiger partial charge on any atom is 0.335 e. The number of fused-ring (bicyclic) bond motifs is 2. The zero-order valence-electron chi connectivity index (χ0n) is 23.8. The quantitative estimate of drug-likeness (QED) is 0.213. The number of halogens is 2. The molecular weight excluding hydrogens is 613 g/mol. The molecule has 46 heavy (non-hydrogen) atoms. The van der Waals surface area contributed by atoms with Gasteiger partial charge in [-0.3, -0.25) is 14.7 Å². The lowest BCUT2D eigenvalue weighted by molar-refractivity contribution is -0.121. The van der Waals surface area contributed by atoms with Crippen LogP contribution in [-0.2, 0) is 11.2 Å². The van der Waals surface area contributed by atoms with Crippen LogP contribution in [0.2, 0.25) is 5.02 Å². The van der Waals surface area contributed by atoms with Crippen LogP contribution in [0.15, 0.2) is 91.3 Å². The molecule has 4 aromatic carbocycles. The molecule has 2 aromatic heterocycles. The smallest absolute Gasteiger partial charge is 0.335 e. The highest BCUT2D eigenvalue weighted by Gasteiger charge is 2.38. The van der Waals surface area contributed by atoms with E-state index in [4.69, 9.17) is 11.6 Å². The molecule has 0 saturated heterocycles. The van der Waals surface area contributed by atoms with Crippen LogP contribution in [0.1, 0.15) is 38.0 Å². The molecule has 0 aliphatic carbocycles. The maximum absolute atomic E-state index is 14.7. The number of hydrogen-bond acceptors (Lipinski definition) is 6. The highest BCUT2D eigenvalue weighted by Crippen LogP contribution is 2.39. The third-order valence-corrected chi connectivity index (χ3v) is 8.28. The summed E-state index contributed by atoms with van der Waals surface area (Å²) in [4.78, 5) is 40.8. The van der Waals surface area contributed by atoms with Crippen molar-refractivity contribution in [2.24, 2.45) is 0 Å². The van der Waals surface area contributed by atoms with Crippen molar-refractivity contribution in [2.45, 2.75) is 12.5 Å². The summed E-state index contributed by atoms with van der Waals surface area (Å²) in [5, 5.41) is 28.1. The van der Waals surface area contributed by atoms with E-state index in [1.165, 1.54) is 47.5 Å². The molecular formula is C33H23ClFN7O4. The first-order chi connectivity index (χ1) is 22.3. The number of anilines is 1. The second-order valence-electron chi connectivity index (χ2n) is 10.7. The first kappa shape index (κ1) is 28.9. The average Bonchev–Trinajstić information content (AvgIpc) is 3.76. The highest BCUT2D eigenvalue weighted by atomic mass is 35.5. The van der Waals surface area contributed by atoms with Gasteiger partial charge in [-0.05, 0) is 59.5 Å².